The topological polar surface area (TPSA) is 85.2 Å². The number of nitrogens with zero attached hydrogens (tertiary/aromatic N) is 2. The quantitative estimate of drug-likeness (QED) is 0.647. The molecule has 0 bridgehead atoms. The molecule has 0 radical (unpaired) electrons. The number of aromatic nitrogens is 2. The Hall–Kier alpha value is -2.41. The first-order valence-electron chi connectivity index (χ1n) is 10.2. The number of para-hydroxylation sites is 2. The third-order valence-electron chi connectivity index (χ3n) is 5.18. The molecule has 152 valence electrons. The van der Waals surface area contributed by atoms with Gasteiger partial charge in [-0.25, -0.2) is 4.98 Å². The number of hydrogen-bond acceptors (Lipinski definition) is 4. The van der Waals surface area contributed by atoms with E-state index in [0.717, 1.165) is 36.1 Å². The van der Waals surface area contributed by atoms with Gasteiger partial charge in [-0.15, -0.1) is 0 Å². The highest BCUT2D eigenvalue weighted by atomic mass is 16.5. The summed E-state index contributed by atoms with van der Waals surface area (Å²) in [5, 5.41) is 6.01. The molecule has 7 heteroatoms. The van der Waals surface area contributed by atoms with Gasteiger partial charge < -0.3 is 19.9 Å². The van der Waals surface area contributed by atoms with Crippen LogP contribution in [-0.2, 0) is 27.3 Å². The number of imidazole rings is 1. The van der Waals surface area contributed by atoms with Crippen LogP contribution in [0.2, 0.25) is 0 Å². The number of carbonyl (C=O) groups is 2. The number of rotatable bonds is 9. The third kappa shape index (κ3) is 5.55. The van der Waals surface area contributed by atoms with E-state index in [-0.39, 0.29) is 25.0 Å². The van der Waals surface area contributed by atoms with Gasteiger partial charge in [0.15, 0.2) is 0 Å². The van der Waals surface area contributed by atoms with Gasteiger partial charge >= 0.3 is 0 Å². The maximum Gasteiger partial charge on any atom is 0.245 e. The van der Waals surface area contributed by atoms with Crippen LogP contribution >= 0.6 is 0 Å². The molecule has 0 unspecified atom stereocenters. The molecular formula is C21H30N4O3. The number of benzene rings is 1. The molecule has 0 spiro atoms. The Kier molecular flexibility index (Phi) is 7.42. The molecule has 1 aromatic carbocycles. The molecule has 7 nitrogen and oxygen atoms in total. The lowest BCUT2D eigenvalue weighted by atomic mass is 9.95. The van der Waals surface area contributed by atoms with Crippen LogP contribution in [-0.4, -0.2) is 47.7 Å². The molecule has 3 rings (SSSR count). The SMILES string of the molecule is COCC(=O)NCCCc1nc2ccccc2n1CC(=O)NC1CCCCC1. The van der Waals surface area contributed by atoms with E-state index in [9.17, 15) is 9.59 Å². The zero-order valence-electron chi connectivity index (χ0n) is 16.6. The maximum atomic E-state index is 12.6. The van der Waals surface area contributed by atoms with Crippen molar-refractivity contribution in [3.05, 3.63) is 30.1 Å². The fraction of sp³-hybridized carbons (Fsp3) is 0.571. The fourth-order valence-electron chi connectivity index (χ4n) is 3.81. The van der Waals surface area contributed by atoms with Gasteiger partial charge in [-0.05, 0) is 31.4 Å². The van der Waals surface area contributed by atoms with Gasteiger partial charge in [-0.3, -0.25) is 9.59 Å². The van der Waals surface area contributed by atoms with Crippen molar-refractivity contribution in [1.29, 1.82) is 0 Å². The highest BCUT2D eigenvalue weighted by Crippen LogP contribution is 2.19. The van der Waals surface area contributed by atoms with Crippen molar-refractivity contribution >= 4 is 22.8 Å². The first kappa shape index (κ1) is 20.3. The van der Waals surface area contributed by atoms with Crippen molar-refractivity contribution in [3.8, 4) is 0 Å². The number of amides is 2. The van der Waals surface area contributed by atoms with E-state index in [4.69, 9.17) is 9.72 Å². The zero-order valence-corrected chi connectivity index (χ0v) is 16.6. The summed E-state index contributed by atoms with van der Waals surface area (Å²) in [7, 11) is 1.50. The molecule has 1 heterocycles. The van der Waals surface area contributed by atoms with Crippen molar-refractivity contribution in [3.63, 3.8) is 0 Å². The van der Waals surface area contributed by atoms with E-state index in [2.05, 4.69) is 10.6 Å². The summed E-state index contributed by atoms with van der Waals surface area (Å²) < 4.78 is 6.82. The summed E-state index contributed by atoms with van der Waals surface area (Å²) in [5.41, 5.74) is 1.87. The van der Waals surface area contributed by atoms with Crippen molar-refractivity contribution < 1.29 is 14.3 Å². The van der Waals surface area contributed by atoms with E-state index >= 15 is 0 Å². The Bertz CT molecular complexity index is 796. The van der Waals surface area contributed by atoms with Crippen LogP contribution in [0.5, 0.6) is 0 Å². The van der Waals surface area contributed by atoms with E-state index in [1.54, 1.807) is 0 Å². The first-order valence-corrected chi connectivity index (χ1v) is 10.2. The average Bonchev–Trinajstić information content (AvgIpc) is 3.04. The highest BCUT2D eigenvalue weighted by molar-refractivity contribution is 5.81. The smallest absolute Gasteiger partial charge is 0.245 e. The molecule has 1 aliphatic rings. The molecule has 1 aromatic heterocycles. The van der Waals surface area contributed by atoms with Gasteiger partial charge in [-0.1, -0.05) is 31.4 Å². The number of nitrogens with one attached hydrogen (secondary N) is 2. The van der Waals surface area contributed by atoms with Gasteiger partial charge in [-0.2, -0.15) is 0 Å². The lowest BCUT2D eigenvalue weighted by molar-refractivity contribution is -0.124. The molecule has 0 aliphatic heterocycles. The standard InChI is InChI=1S/C21H30N4O3/c1-28-15-21(27)22-13-7-12-19-24-17-10-5-6-11-18(17)25(19)14-20(26)23-16-8-3-2-4-9-16/h5-6,10-11,16H,2-4,7-9,12-15H2,1H3,(H,22,27)(H,23,26). The molecule has 0 atom stereocenters. The number of carbonyl (C=O) groups excluding carboxylic acids is 2. The summed E-state index contributed by atoms with van der Waals surface area (Å²) >= 11 is 0. The Labute approximate surface area is 165 Å². The summed E-state index contributed by atoms with van der Waals surface area (Å²) in [4.78, 5) is 28.8. The number of ether oxygens (including phenoxy) is 1. The average molecular weight is 386 g/mol. The molecule has 2 amide bonds. The third-order valence-corrected chi connectivity index (χ3v) is 5.18. The fourth-order valence-corrected chi connectivity index (χ4v) is 3.81. The second-order valence-corrected chi connectivity index (χ2v) is 7.39. The summed E-state index contributed by atoms with van der Waals surface area (Å²) in [6.07, 6.45) is 7.25. The van der Waals surface area contributed by atoms with Crippen LogP contribution in [0.25, 0.3) is 11.0 Å². The normalized spacial score (nSPS) is 14.9. The number of aryl methyl sites for hydroxylation is 1. The molecule has 2 N–H and O–H groups in total. The minimum atomic E-state index is -0.122. The Morgan fingerprint density at radius 1 is 1.18 bits per heavy atom. The molecule has 28 heavy (non-hydrogen) atoms. The predicted molar refractivity (Wildman–Crippen MR) is 108 cm³/mol. The van der Waals surface area contributed by atoms with Crippen molar-refractivity contribution in [2.24, 2.45) is 0 Å². The maximum absolute atomic E-state index is 12.6. The van der Waals surface area contributed by atoms with E-state index in [0.29, 0.717) is 19.0 Å². The largest absolute Gasteiger partial charge is 0.375 e. The highest BCUT2D eigenvalue weighted by Gasteiger charge is 2.18. The molecule has 1 saturated carbocycles. The number of hydrogen-bond donors (Lipinski definition) is 2. The van der Waals surface area contributed by atoms with Gasteiger partial charge in [0.25, 0.3) is 0 Å². The number of methoxy groups -OCH3 is 1. The second kappa shape index (κ2) is 10.2. The van der Waals surface area contributed by atoms with Crippen LogP contribution in [0.15, 0.2) is 24.3 Å². The van der Waals surface area contributed by atoms with Gasteiger partial charge in [0.1, 0.15) is 19.0 Å². The van der Waals surface area contributed by atoms with Gasteiger partial charge in [0.2, 0.25) is 11.8 Å². The van der Waals surface area contributed by atoms with E-state index < -0.39 is 0 Å². The van der Waals surface area contributed by atoms with Crippen molar-refractivity contribution in [2.45, 2.75) is 57.5 Å². The van der Waals surface area contributed by atoms with E-state index in [1.807, 2.05) is 28.8 Å². The lowest BCUT2D eigenvalue weighted by Gasteiger charge is -2.23. The first-order chi connectivity index (χ1) is 13.7. The Balaban J connectivity index is 1.63. The summed E-state index contributed by atoms with van der Waals surface area (Å²) in [6, 6.07) is 8.19. The molecule has 1 aliphatic carbocycles. The summed E-state index contributed by atoms with van der Waals surface area (Å²) in [6.45, 7) is 0.905. The van der Waals surface area contributed by atoms with Crippen LogP contribution in [0.3, 0.4) is 0 Å². The Morgan fingerprint density at radius 2 is 1.96 bits per heavy atom. The minimum absolute atomic E-state index is 0.0460. The van der Waals surface area contributed by atoms with Crippen molar-refractivity contribution in [1.82, 2.24) is 20.2 Å². The van der Waals surface area contributed by atoms with E-state index in [1.165, 1.54) is 26.4 Å². The molecular weight excluding hydrogens is 356 g/mol. The number of fused-ring (bicyclic) bond motifs is 1. The molecule has 0 saturated heterocycles. The van der Waals surface area contributed by atoms with Crippen LogP contribution in [0, 0.1) is 0 Å². The molecule has 1 fully saturated rings. The van der Waals surface area contributed by atoms with Gasteiger partial charge in [0.05, 0.1) is 11.0 Å². The van der Waals surface area contributed by atoms with Crippen molar-refractivity contribution in [2.75, 3.05) is 20.3 Å². The van der Waals surface area contributed by atoms with Crippen LogP contribution in [0.4, 0.5) is 0 Å². The summed E-state index contributed by atoms with van der Waals surface area (Å²) in [5.74, 6) is 0.800. The minimum Gasteiger partial charge on any atom is -0.375 e. The van der Waals surface area contributed by atoms with Crippen LogP contribution < -0.4 is 10.6 Å². The second-order valence-electron chi connectivity index (χ2n) is 7.39. The molecule has 2 aromatic rings. The zero-order chi connectivity index (χ0) is 19.8. The lowest BCUT2D eigenvalue weighted by Crippen LogP contribution is -2.38. The monoisotopic (exact) mass is 386 g/mol. The Morgan fingerprint density at radius 3 is 2.75 bits per heavy atom. The van der Waals surface area contributed by atoms with Gasteiger partial charge in [0, 0.05) is 26.1 Å². The van der Waals surface area contributed by atoms with Crippen LogP contribution in [0.1, 0.15) is 44.3 Å². The predicted octanol–water partition coefficient (Wildman–Crippen LogP) is 2.18.